The van der Waals surface area contributed by atoms with E-state index in [1.807, 2.05) is 45.0 Å². The number of aryl methyl sites for hydroxylation is 1. The van der Waals surface area contributed by atoms with Gasteiger partial charge in [0, 0.05) is 5.69 Å². The Balaban J connectivity index is 0. The Kier molecular flexibility index (Phi) is 11.5. The van der Waals surface area contributed by atoms with Crippen LogP contribution in [0.15, 0.2) is 24.3 Å². The molecule has 0 fully saturated rings. The van der Waals surface area contributed by atoms with Crippen LogP contribution in [0.3, 0.4) is 0 Å². The van der Waals surface area contributed by atoms with Crippen LogP contribution in [0, 0.1) is 19.3 Å². The molecule has 1 nitrogen and oxygen atoms in total. The lowest BCUT2D eigenvalue weighted by atomic mass is 10.2. The van der Waals surface area contributed by atoms with Crippen molar-refractivity contribution in [3.63, 3.8) is 0 Å². The van der Waals surface area contributed by atoms with Gasteiger partial charge in [-0.25, -0.2) is 0 Å². The van der Waals surface area contributed by atoms with Crippen molar-refractivity contribution in [1.82, 2.24) is 0 Å². The molecular weight excluding hydrogens is 158 g/mol. The van der Waals surface area contributed by atoms with Gasteiger partial charge in [-0.05, 0) is 25.5 Å². The molecule has 1 aromatic rings. The van der Waals surface area contributed by atoms with Gasteiger partial charge in [-0.1, -0.05) is 32.0 Å². The van der Waals surface area contributed by atoms with Crippen LogP contribution < -0.4 is 5.73 Å². The number of nitrogen functional groups attached to an aromatic ring is 1. The quantitative estimate of drug-likeness (QED) is 0.478. The Bertz CT molecular complexity index is 225. The minimum Gasteiger partial charge on any atom is -0.399 e. The van der Waals surface area contributed by atoms with Crippen LogP contribution in [0.2, 0.25) is 0 Å². The van der Waals surface area contributed by atoms with Gasteiger partial charge in [0.05, 0.1) is 0 Å². The first-order valence-corrected chi connectivity index (χ1v) is 4.40. The van der Waals surface area contributed by atoms with Gasteiger partial charge in [0.1, 0.15) is 0 Å². The van der Waals surface area contributed by atoms with Crippen molar-refractivity contribution < 1.29 is 0 Å². The predicted molar refractivity (Wildman–Crippen MR) is 61.4 cm³/mol. The van der Waals surface area contributed by atoms with E-state index in [9.17, 15) is 0 Å². The molecule has 0 aromatic heterocycles. The van der Waals surface area contributed by atoms with Crippen molar-refractivity contribution in [2.75, 3.05) is 5.73 Å². The molecule has 0 spiro atoms. The summed E-state index contributed by atoms with van der Waals surface area (Å²) in [7, 11) is 0. The molecule has 0 radical (unpaired) electrons. The first-order valence-electron chi connectivity index (χ1n) is 4.40. The Morgan fingerprint density at radius 3 is 1.85 bits per heavy atom. The van der Waals surface area contributed by atoms with E-state index in [0.717, 1.165) is 11.3 Å². The summed E-state index contributed by atoms with van der Waals surface area (Å²) in [5.74, 6) is 2.25. The van der Waals surface area contributed by atoms with Crippen molar-refractivity contribution >= 4 is 5.69 Å². The Labute approximate surface area is 82.0 Å². The smallest absolute Gasteiger partial charge is 0.0343 e. The zero-order chi connectivity index (χ0) is 10.7. The van der Waals surface area contributed by atoms with Crippen molar-refractivity contribution in [3.8, 4) is 12.3 Å². The van der Waals surface area contributed by atoms with Gasteiger partial charge in [-0.2, -0.15) is 0 Å². The van der Waals surface area contributed by atoms with E-state index in [0.29, 0.717) is 0 Å². The molecule has 0 bridgehead atoms. The van der Waals surface area contributed by atoms with Crippen LogP contribution in [-0.2, 0) is 0 Å². The Morgan fingerprint density at radius 1 is 1.23 bits per heavy atom. The zero-order valence-corrected chi connectivity index (χ0v) is 8.96. The average Bonchev–Trinajstić information content (AvgIpc) is 2.15. The summed E-state index contributed by atoms with van der Waals surface area (Å²) in [5, 5.41) is 0. The second-order valence-corrected chi connectivity index (χ2v) is 2.15. The first-order chi connectivity index (χ1) is 6.22. The summed E-state index contributed by atoms with van der Waals surface area (Å²) in [4.78, 5) is 0. The molecule has 0 heterocycles. The molecule has 0 atom stereocenters. The van der Waals surface area contributed by atoms with Crippen LogP contribution in [0.5, 0.6) is 0 Å². The molecule has 0 aliphatic heterocycles. The summed E-state index contributed by atoms with van der Waals surface area (Å²) in [5.41, 5.74) is 7.53. The topological polar surface area (TPSA) is 26.0 Å². The second kappa shape index (κ2) is 10.6. The minimum atomic E-state index is 0.868. The predicted octanol–water partition coefficient (Wildman–Crippen LogP) is 3.24. The van der Waals surface area contributed by atoms with E-state index in [1.165, 1.54) is 0 Å². The van der Waals surface area contributed by atoms with Gasteiger partial charge in [-0.15, -0.1) is 12.3 Å². The maximum absolute atomic E-state index is 5.52. The summed E-state index contributed by atoms with van der Waals surface area (Å²) in [6.45, 7) is 7.65. The fourth-order valence-electron chi connectivity index (χ4n) is 0.587. The Morgan fingerprint density at radius 2 is 1.62 bits per heavy atom. The molecule has 0 aliphatic rings. The molecule has 72 valence electrons. The fourth-order valence-corrected chi connectivity index (χ4v) is 0.587. The van der Waals surface area contributed by atoms with E-state index >= 15 is 0 Å². The van der Waals surface area contributed by atoms with Crippen LogP contribution in [0.25, 0.3) is 0 Å². The summed E-state index contributed by atoms with van der Waals surface area (Å²) < 4.78 is 0. The highest BCUT2D eigenvalue weighted by atomic mass is 14.5. The number of benzene rings is 1. The van der Waals surface area contributed by atoms with Crippen LogP contribution in [0.1, 0.15) is 26.3 Å². The van der Waals surface area contributed by atoms with Crippen molar-refractivity contribution in [2.45, 2.75) is 27.7 Å². The molecule has 2 N–H and O–H groups in total. The zero-order valence-electron chi connectivity index (χ0n) is 8.96. The van der Waals surface area contributed by atoms with E-state index in [-0.39, 0.29) is 0 Å². The monoisotopic (exact) mass is 177 g/mol. The minimum absolute atomic E-state index is 0.868. The van der Waals surface area contributed by atoms with Crippen LogP contribution in [0.4, 0.5) is 5.69 Å². The third-order valence-corrected chi connectivity index (χ3v) is 1.19. The van der Waals surface area contributed by atoms with Gasteiger partial charge < -0.3 is 5.73 Å². The number of terminal acetylenes is 1. The summed E-state index contributed by atoms with van der Waals surface area (Å²) in [6, 6.07) is 7.80. The summed E-state index contributed by atoms with van der Waals surface area (Å²) >= 11 is 0. The van der Waals surface area contributed by atoms with E-state index in [1.54, 1.807) is 6.92 Å². The molecule has 0 aliphatic carbocycles. The molecular formula is C12H19N. The summed E-state index contributed by atoms with van der Waals surface area (Å²) in [6.07, 6.45) is 4.60. The van der Waals surface area contributed by atoms with Gasteiger partial charge in [0.15, 0.2) is 0 Å². The molecule has 13 heavy (non-hydrogen) atoms. The molecule has 0 unspecified atom stereocenters. The highest BCUT2D eigenvalue weighted by molar-refractivity contribution is 5.44. The molecule has 1 rings (SSSR count). The van der Waals surface area contributed by atoms with Gasteiger partial charge in [0.2, 0.25) is 0 Å². The van der Waals surface area contributed by atoms with E-state index in [2.05, 4.69) is 12.3 Å². The molecule has 0 saturated heterocycles. The maximum atomic E-state index is 5.52. The highest BCUT2D eigenvalue weighted by Gasteiger charge is 1.84. The van der Waals surface area contributed by atoms with Gasteiger partial charge in [-0.3, -0.25) is 0 Å². The molecule has 1 heteroatoms. The lowest BCUT2D eigenvalue weighted by Crippen LogP contribution is -1.85. The fraction of sp³-hybridized carbons (Fsp3) is 0.333. The second-order valence-electron chi connectivity index (χ2n) is 2.15. The van der Waals surface area contributed by atoms with Crippen LogP contribution >= 0.6 is 0 Å². The third kappa shape index (κ3) is 8.49. The number of nitrogens with two attached hydrogens (primary N) is 1. The average molecular weight is 177 g/mol. The van der Waals surface area contributed by atoms with E-state index in [4.69, 9.17) is 5.73 Å². The highest BCUT2D eigenvalue weighted by Crippen LogP contribution is 2.06. The number of hydrogen-bond acceptors (Lipinski definition) is 1. The van der Waals surface area contributed by atoms with Crippen molar-refractivity contribution in [1.29, 1.82) is 0 Å². The Hall–Kier alpha value is -1.42. The lowest BCUT2D eigenvalue weighted by Gasteiger charge is -1.93. The number of rotatable bonds is 0. The van der Waals surface area contributed by atoms with Gasteiger partial charge >= 0.3 is 0 Å². The van der Waals surface area contributed by atoms with Crippen LogP contribution in [-0.4, -0.2) is 0 Å². The normalized spacial score (nSPS) is 6.69. The van der Waals surface area contributed by atoms with Crippen molar-refractivity contribution in [3.05, 3.63) is 29.8 Å². The molecule has 0 saturated carbocycles. The third-order valence-electron chi connectivity index (χ3n) is 1.19. The van der Waals surface area contributed by atoms with Crippen molar-refractivity contribution in [2.24, 2.45) is 0 Å². The van der Waals surface area contributed by atoms with Gasteiger partial charge in [0.25, 0.3) is 0 Å². The van der Waals surface area contributed by atoms with E-state index < -0.39 is 0 Å². The number of anilines is 1. The lowest BCUT2D eigenvalue weighted by molar-refractivity contribution is 1.47. The SMILES string of the molecule is C#CC.CC.Cc1ccccc1N. The number of hydrogen-bond donors (Lipinski definition) is 1. The largest absolute Gasteiger partial charge is 0.399 e. The maximum Gasteiger partial charge on any atom is 0.0343 e. The first kappa shape index (κ1) is 14.1. The number of para-hydroxylation sites is 1. The molecule has 0 amide bonds. The molecule has 1 aromatic carbocycles. The standard InChI is InChI=1S/C7H9N.C3H4.C2H6/c1-6-4-2-3-5-7(6)8;1-3-2;1-2/h2-5H,8H2,1H3;1H,2H3;1-2H3.